The number of rotatable bonds is 4. The van der Waals surface area contributed by atoms with Gasteiger partial charge in [-0.3, -0.25) is 4.98 Å². The van der Waals surface area contributed by atoms with Crippen molar-refractivity contribution in [3.63, 3.8) is 0 Å². The summed E-state index contributed by atoms with van der Waals surface area (Å²) in [5.41, 5.74) is 12.1. The van der Waals surface area contributed by atoms with E-state index in [9.17, 15) is 0 Å². The molecule has 1 N–H and O–H groups in total. The van der Waals surface area contributed by atoms with Gasteiger partial charge in [0.25, 0.3) is 0 Å². The van der Waals surface area contributed by atoms with Crippen LogP contribution < -0.4 is 10.2 Å². The van der Waals surface area contributed by atoms with E-state index in [-0.39, 0.29) is 12.1 Å². The molecule has 2 aromatic carbocycles. The number of benzene rings is 2. The molecule has 0 bridgehead atoms. The molecule has 0 saturated carbocycles. The van der Waals surface area contributed by atoms with Gasteiger partial charge >= 0.3 is 0 Å². The average Bonchev–Trinajstić information content (AvgIpc) is 3.30. The Kier molecular flexibility index (Phi) is 5.97. The van der Waals surface area contributed by atoms with Crippen molar-refractivity contribution in [1.29, 1.82) is 0 Å². The Morgan fingerprint density at radius 2 is 1.57 bits per heavy atom. The van der Waals surface area contributed by atoms with E-state index in [4.69, 9.17) is 17.2 Å². The second kappa shape index (κ2) is 8.97. The molecule has 0 aliphatic carbocycles. The van der Waals surface area contributed by atoms with Crippen LogP contribution in [-0.2, 0) is 0 Å². The van der Waals surface area contributed by atoms with E-state index in [2.05, 4.69) is 105 Å². The highest BCUT2D eigenvalue weighted by Gasteiger charge is 2.42. The third kappa shape index (κ3) is 4.04. The molecule has 0 spiro atoms. The van der Waals surface area contributed by atoms with E-state index in [1.165, 1.54) is 44.9 Å². The lowest BCUT2D eigenvalue weighted by Crippen LogP contribution is -2.29. The monoisotopic (exact) mass is 480 g/mol. The quantitative estimate of drug-likeness (QED) is 0.322. The maximum absolute atomic E-state index is 5.93. The Bertz CT molecular complexity index is 1400. The minimum atomic E-state index is -0.0571. The Morgan fingerprint density at radius 1 is 0.829 bits per heavy atom. The third-order valence-electron chi connectivity index (χ3n) is 7.03. The lowest BCUT2D eigenvalue weighted by Gasteiger charge is -2.28. The first kappa shape index (κ1) is 23.3. The van der Waals surface area contributed by atoms with Crippen molar-refractivity contribution in [2.24, 2.45) is 0 Å². The summed E-state index contributed by atoms with van der Waals surface area (Å²) >= 11 is 5.93. The van der Waals surface area contributed by atoms with Crippen LogP contribution in [-0.4, -0.2) is 14.7 Å². The zero-order chi connectivity index (χ0) is 24.9. The predicted molar refractivity (Wildman–Crippen MR) is 149 cm³/mol. The molecule has 0 amide bonds. The Labute approximate surface area is 213 Å². The Morgan fingerprint density at radius 3 is 2.23 bits per heavy atom. The normalized spacial score (nSPS) is 17.7. The van der Waals surface area contributed by atoms with Crippen LogP contribution in [0.3, 0.4) is 0 Å². The number of anilines is 1. The van der Waals surface area contributed by atoms with Crippen molar-refractivity contribution in [2.75, 3.05) is 4.90 Å². The van der Waals surface area contributed by atoms with Crippen LogP contribution >= 0.6 is 12.2 Å². The van der Waals surface area contributed by atoms with Gasteiger partial charge in [0.05, 0.1) is 23.5 Å². The predicted octanol–water partition coefficient (Wildman–Crippen LogP) is 6.90. The molecule has 35 heavy (non-hydrogen) atoms. The van der Waals surface area contributed by atoms with Gasteiger partial charge in [-0.15, -0.1) is 0 Å². The summed E-state index contributed by atoms with van der Waals surface area (Å²) in [4.78, 5) is 6.98. The zero-order valence-corrected chi connectivity index (χ0v) is 22.1. The van der Waals surface area contributed by atoms with Crippen LogP contribution in [0, 0.1) is 41.5 Å². The van der Waals surface area contributed by atoms with Crippen LogP contribution in [0.2, 0.25) is 0 Å². The molecule has 5 rings (SSSR count). The number of hydrogen-bond acceptors (Lipinski definition) is 2. The lowest BCUT2D eigenvalue weighted by atomic mass is 9.96. The van der Waals surface area contributed by atoms with Gasteiger partial charge in [-0.25, -0.2) is 0 Å². The van der Waals surface area contributed by atoms with Crippen molar-refractivity contribution in [3.05, 3.63) is 112 Å². The van der Waals surface area contributed by atoms with Gasteiger partial charge in [-0.05, 0) is 106 Å². The molecule has 1 aliphatic heterocycles. The average molecular weight is 481 g/mol. The van der Waals surface area contributed by atoms with E-state index in [0.29, 0.717) is 0 Å². The number of nitrogens with one attached hydrogen (secondary N) is 1. The van der Waals surface area contributed by atoms with Crippen molar-refractivity contribution in [2.45, 2.75) is 53.6 Å². The fraction of sp³-hybridized carbons (Fsp3) is 0.267. The Balaban J connectivity index is 1.72. The maximum atomic E-state index is 5.93. The standard InChI is InChI=1S/C30H32N4S/c1-18-10-9-11-24(16-18)34-29(27(32-30(34)35)26-12-7-8-13-31-26)25-17-22(5)33(23(25)6)28-20(3)14-19(2)15-21(28)4/h7-17,27,29H,1-6H3,(H,32,35)/t27-,29+/m1/s1. The van der Waals surface area contributed by atoms with E-state index in [1.54, 1.807) is 0 Å². The fourth-order valence-electron chi connectivity index (χ4n) is 5.68. The van der Waals surface area contributed by atoms with Crippen LogP contribution in [0.1, 0.15) is 57.0 Å². The van der Waals surface area contributed by atoms with Crippen molar-refractivity contribution >= 4 is 23.0 Å². The molecule has 0 unspecified atom stereocenters. The van der Waals surface area contributed by atoms with Crippen LogP contribution in [0.4, 0.5) is 5.69 Å². The minimum absolute atomic E-state index is 0.0230. The summed E-state index contributed by atoms with van der Waals surface area (Å²) in [7, 11) is 0. The highest BCUT2D eigenvalue weighted by Crippen LogP contribution is 2.44. The molecular formula is C30H32N4S. The smallest absolute Gasteiger partial charge is 0.174 e. The SMILES string of the molecule is Cc1cccc(N2C(=S)N[C@H](c3ccccn3)[C@@H]2c2cc(C)n(-c3c(C)cc(C)cc3C)c2C)c1. The van der Waals surface area contributed by atoms with Gasteiger partial charge in [0.15, 0.2) is 5.11 Å². The first-order valence-corrected chi connectivity index (χ1v) is 12.5. The molecule has 1 aliphatic rings. The topological polar surface area (TPSA) is 33.1 Å². The second-order valence-electron chi connectivity index (χ2n) is 9.74. The van der Waals surface area contributed by atoms with Gasteiger partial charge in [0.2, 0.25) is 0 Å². The first-order chi connectivity index (χ1) is 16.8. The summed E-state index contributed by atoms with van der Waals surface area (Å²) < 4.78 is 2.41. The van der Waals surface area contributed by atoms with E-state index < -0.39 is 0 Å². The fourth-order valence-corrected chi connectivity index (χ4v) is 6.03. The van der Waals surface area contributed by atoms with Crippen molar-refractivity contribution in [3.8, 4) is 5.69 Å². The van der Waals surface area contributed by atoms with Crippen molar-refractivity contribution in [1.82, 2.24) is 14.9 Å². The Hall–Kier alpha value is -3.44. The molecule has 4 aromatic rings. The number of aryl methyl sites for hydroxylation is 5. The molecule has 2 aromatic heterocycles. The van der Waals surface area contributed by atoms with Crippen LogP contribution in [0.15, 0.2) is 66.9 Å². The second-order valence-corrected chi connectivity index (χ2v) is 10.1. The molecular weight excluding hydrogens is 448 g/mol. The van der Waals surface area contributed by atoms with Gasteiger partial charge in [-0.1, -0.05) is 35.9 Å². The summed E-state index contributed by atoms with van der Waals surface area (Å²) in [6.07, 6.45) is 1.86. The van der Waals surface area contributed by atoms with Gasteiger partial charge in [-0.2, -0.15) is 0 Å². The van der Waals surface area contributed by atoms with E-state index in [1.807, 2.05) is 18.3 Å². The summed E-state index contributed by atoms with van der Waals surface area (Å²) in [6, 6.07) is 21.4. The van der Waals surface area contributed by atoms with Crippen LogP contribution in [0.25, 0.3) is 5.69 Å². The number of pyridine rings is 1. The molecule has 1 saturated heterocycles. The molecule has 4 nitrogen and oxygen atoms in total. The van der Waals surface area contributed by atoms with Gasteiger partial charge in [0, 0.05) is 23.3 Å². The van der Waals surface area contributed by atoms with Crippen molar-refractivity contribution < 1.29 is 0 Å². The lowest BCUT2D eigenvalue weighted by molar-refractivity contribution is 0.565. The maximum Gasteiger partial charge on any atom is 0.174 e. The highest BCUT2D eigenvalue weighted by atomic mass is 32.1. The third-order valence-corrected chi connectivity index (χ3v) is 7.34. The molecule has 0 radical (unpaired) electrons. The summed E-state index contributed by atoms with van der Waals surface area (Å²) in [6.45, 7) is 13.1. The molecule has 2 atom stereocenters. The molecule has 3 heterocycles. The minimum Gasteiger partial charge on any atom is -0.351 e. The van der Waals surface area contributed by atoms with Gasteiger partial charge < -0.3 is 14.8 Å². The number of hydrogen-bond donors (Lipinski definition) is 1. The van der Waals surface area contributed by atoms with Gasteiger partial charge in [0.1, 0.15) is 0 Å². The zero-order valence-electron chi connectivity index (χ0n) is 21.3. The summed E-state index contributed by atoms with van der Waals surface area (Å²) in [5.74, 6) is 0. The number of aromatic nitrogens is 2. The summed E-state index contributed by atoms with van der Waals surface area (Å²) in [5, 5.41) is 4.32. The molecule has 5 heteroatoms. The number of thiocarbonyl (C=S) groups is 1. The highest BCUT2D eigenvalue weighted by molar-refractivity contribution is 7.80. The van der Waals surface area contributed by atoms with Crippen LogP contribution in [0.5, 0.6) is 0 Å². The van der Waals surface area contributed by atoms with E-state index in [0.717, 1.165) is 16.5 Å². The van der Waals surface area contributed by atoms with E-state index >= 15 is 0 Å². The molecule has 1 fully saturated rings. The largest absolute Gasteiger partial charge is 0.351 e. The first-order valence-electron chi connectivity index (χ1n) is 12.1. The number of nitrogens with zero attached hydrogens (tertiary/aromatic N) is 3. The molecule has 178 valence electrons.